The van der Waals surface area contributed by atoms with E-state index in [9.17, 15) is 9.59 Å². The van der Waals surface area contributed by atoms with Crippen LogP contribution in [0.25, 0.3) is 0 Å². The molecule has 0 saturated heterocycles. The third kappa shape index (κ3) is 4.95. The number of hydrogen-bond donors (Lipinski definition) is 1. The van der Waals surface area contributed by atoms with Crippen molar-refractivity contribution in [2.45, 2.75) is 32.5 Å². The zero-order valence-electron chi connectivity index (χ0n) is 18.3. The van der Waals surface area contributed by atoms with Gasteiger partial charge in [0.2, 0.25) is 12.1 Å². The highest BCUT2D eigenvalue weighted by Crippen LogP contribution is 2.30. The number of hydrogen-bond acceptors (Lipinski definition) is 3. The summed E-state index contributed by atoms with van der Waals surface area (Å²) >= 11 is 12.2. The predicted molar refractivity (Wildman–Crippen MR) is 133 cm³/mol. The van der Waals surface area contributed by atoms with Crippen LogP contribution in [0, 0.1) is 0 Å². The van der Waals surface area contributed by atoms with Crippen LogP contribution in [0.3, 0.4) is 0 Å². The second-order valence-corrected chi connectivity index (χ2v) is 8.89. The monoisotopic (exact) mass is 479 g/mol. The summed E-state index contributed by atoms with van der Waals surface area (Å²) in [6.07, 6.45) is -1.07. The van der Waals surface area contributed by atoms with Gasteiger partial charge in [-0.15, -0.1) is 0 Å². The van der Waals surface area contributed by atoms with Crippen molar-refractivity contribution in [2.24, 2.45) is 4.99 Å². The molecular formula is C26H23Cl2N3O2. The number of nitrogens with one attached hydrogen (secondary N) is 1. The SMILES string of the molecule is CC(C)N1C(=O)[C@H](NC(=O)Cc2ccc(Cl)cc2Cl)N=C(c2ccccc2)c2ccccc21. The van der Waals surface area contributed by atoms with Gasteiger partial charge in [-0.05, 0) is 37.6 Å². The molecular weight excluding hydrogens is 457 g/mol. The molecule has 5 nitrogen and oxygen atoms in total. The van der Waals surface area contributed by atoms with Crippen molar-refractivity contribution in [3.63, 3.8) is 0 Å². The van der Waals surface area contributed by atoms with Gasteiger partial charge in [0.15, 0.2) is 0 Å². The third-order valence-corrected chi connectivity index (χ3v) is 5.96. The highest BCUT2D eigenvalue weighted by Gasteiger charge is 2.34. The fraction of sp³-hybridized carbons (Fsp3) is 0.192. The van der Waals surface area contributed by atoms with Crippen LogP contribution in [-0.4, -0.2) is 29.7 Å². The van der Waals surface area contributed by atoms with Crippen LogP contribution in [0.1, 0.15) is 30.5 Å². The van der Waals surface area contributed by atoms with Gasteiger partial charge in [0, 0.05) is 27.2 Å². The van der Waals surface area contributed by atoms with Gasteiger partial charge < -0.3 is 10.2 Å². The third-order valence-electron chi connectivity index (χ3n) is 5.38. The average molecular weight is 480 g/mol. The van der Waals surface area contributed by atoms with Crippen molar-refractivity contribution in [2.75, 3.05) is 4.90 Å². The molecule has 0 radical (unpaired) electrons. The van der Waals surface area contributed by atoms with Gasteiger partial charge in [-0.3, -0.25) is 9.59 Å². The lowest BCUT2D eigenvalue weighted by Gasteiger charge is -2.29. The minimum absolute atomic E-state index is 0.00456. The summed E-state index contributed by atoms with van der Waals surface area (Å²) in [6.45, 7) is 3.88. The van der Waals surface area contributed by atoms with E-state index in [0.29, 0.717) is 21.3 Å². The average Bonchev–Trinajstić information content (AvgIpc) is 2.91. The lowest BCUT2D eigenvalue weighted by molar-refractivity contribution is -0.127. The molecule has 0 aromatic heterocycles. The second kappa shape index (κ2) is 9.77. The Bertz CT molecular complexity index is 1230. The number of para-hydroxylation sites is 1. The first kappa shape index (κ1) is 23.0. The Morgan fingerprint density at radius 1 is 1.03 bits per heavy atom. The number of benzene rings is 3. The minimum atomic E-state index is -1.08. The van der Waals surface area contributed by atoms with Crippen LogP contribution in [0.5, 0.6) is 0 Å². The molecule has 168 valence electrons. The Morgan fingerprint density at radius 3 is 2.42 bits per heavy atom. The Morgan fingerprint density at radius 2 is 1.73 bits per heavy atom. The highest BCUT2D eigenvalue weighted by atomic mass is 35.5. The number of amides is 2. The van der Waals surface area contributed by atoms with Crippen molar-refractivity contribution in [3.05, 3.63) is 99.5 Å². The van der Waals surface area contributed by atoms with Crippen molar-refractivity contribution in [1.29, 1.82) is 0 Å². The molecule has 0 aliphatic carbocycles. The molecule has 1 aliphatic rings. The van der Waals surface area contributed by atoms with Crippen LogP contribution in [-0.2, 0) is 16.0 Å². The van der Waals surface area contributed by atoms with E-state index in [1.165, 1.54) is 0 Å². The number of anilines is 1. The van der Waals surface area contributed by atoms with E-state index in [1.807, 2.05) is 68.4 Å². The van der Waals surface area contributed by atoms with Crippen molar-refractivity contribution < 1.29 is 9.59 Å². The first-order valence-corrected chi connectivity index (χ1v) is 11.4. The molecule has 1 aliphatic heterocycles. The first-order valence-electron chi connectivity index (χ1n) is 10.6. The highest BCUT2D eigenvalue weighted by molar-refractivity contribution is 6.35. The van der Waals surface area contributed by atoms with Crippen LogP contribution in [0.2, 0.25) is 10.0 Å². The number of halogens is 2. The fourth-order valence-electron chi connectivity index (χ4n) is 3.88. The van der Waals surface area contributed by atoms with Crippen LogP contribution in [0.4, 0.5) is 5.69 Å². The summed E-state index contributed by atoms with van der Waals surface area (Å²) in [5.41, 5.74) is 3.73. The predicted octanol–water partition coefficient (Wildman–Crippen LogP) is 5.27. The van der Waals surface area contributed by atoms with E-state index >= 15 is 0 Å². The van der Waals surface area contributed by atoms with E-state index in [4.69, 9.17) is 28.2 Å². The standard InChI is InChI=1S/C26H23Cl2N3O2/c1-16(2)31-22-11-7-6-10-20(22)24(17-8-4-3-5-9-17)30-25(26(31)33)29-23(32)14-18-12-13-19(27)15-21(18)28/h3-13,15-16,25H,14H2,1-2H3,(H,29,32)/t25-/m1/s1. The normalized spacial score (nSPS) is 15.7. The number of benzodiazepines with no additional fused rings is 1. The first-order chi connectivity index (χ1) is 15.8. The maximum Gasteiger partial charge on any atom is 0.272 e. The molecule has 1 atom stereocenters. The van der Waals surface area contributed by atoms with E-state index < -0.39 is 6.17 Å². The molecule has 7 heteroatoms. The molecule has 1 N–H and O–H groups in total. The lowest BCUT2D eigenvalue weighted by Crippen LogP contribution is -2.50. The Balaban J connectivity index is 1.73. The molecule has 4 rings (SSSR count). The number of fused-ring (bicyclic) bond motifs is 1. The number of aliphatic imine (C=N–C) groups is 1. The molecule has 3 aromatic carbocycles. The molecule has 1 heterocycles. The number of carbonyl (C=O) groups is 2. The van der Waals surface area contributed by atoms with Gasteiger partial charge in [0.1, 0.15) is 0 Å². The van der Waals surface area contributed by atoms with Crippen molar-refractivity contribution in [3.8, 4) is 0 Å². The summed E-state index contributed by atoms with van der Waals surface area (Å²) < 4.78 is 0. The summed E-state index contributed by atoms with van der Waals surface area (Å²) in [7, 11) is 0. The maximum atomic E-state index is 13.6. The van der Waals surface area contributed by atoms with Crippen molar-refractivity contribution in [1.82, 2.24) is 5.32 Å². The van der Waals surface area contributed by atoms with Gasteiger partial charge in [-0.25, -0.2) is 4.99 Å². The molecule has 3 aromatic rings. The van der Waals surface area contributed by atoms with Crippen LogP contribution >= 0.6 is 23.2 Å². The van der Waals surface area contributed by atoms with E-state index in [-0.39, 0.29) is 24.3 Å². The molecule has 33 heavy (non-hydrogen) atoms. The van der Waals surface area contributed by atoms with Gasteiger partial charge in [0.05, 0.1) is 17.8 Å². The maximum absolute atomic E-state index is 13.6. The Labute approximate surface area is 203 Å². The Kier molecular flexibility index (Phi) is 6.82. The minimum Gasteiger partial charge on any atom is -0.326 e. The number of rotatable bonds is 5. The summed E-state index contributed by atoms with van der Waals surface area (Å²) in [5, 5.41) is 3.70. The summed E-state index contributed by atoms with van der Waals surface area (Å²) in [4.78, 5) is 33.0. The molecule has 0 spiro atoms. The topological polar surface area (TPSA) is 61.8 Å². The largest absolute Gasteiger partial charge is 0.326 e. The summed E-state index contributed by atoms with van der Waals surface area (Å²) in [6, 6.07) is 22.1. The molecule has 0 fully saturated rings. The summed E-state index contributed by atoms with van der Waals surface area (Å²) in [5.74, 6) is -0.651. The van der Waals surface area contributed by atoms with Gasteiger partial charge in [0.25, 0.3) is 5.91 Å². The fourth-order valence-corrected chi connectivity index (χ4v) is 4.36. The van der Waals surface area contributed by atoms with Gasteiger partial charge >= 0.3 is 0 Å². The second-order valence-electron chi connectivity index (χ2n) is 8.05. The zero-order chi connectivity index (χ0) is 23.5. The Hall–Kier alpha value is -3.15. The smallest absolute Gasteiger partial charge is 0.272 e. The lowest BCUT2D eigenvalue weighted by atomic mass is 10.00. The molecule has 2 amide bonds. The molecule has 0 saturated carbocycles. The zero-order valence-corrected chi connectivity index (χ0v) is 19.8. The number of nitrogens with zero attached hydrogens (tertiary/aromatic N) is 2. The molecule has 0 unspecified atom stereocenters. The van der Waals surface area contributed by atoms with Crippen LogP contribution in [0.15, 0.2) is 77.8 Å². The molecule has 0 bridgehead atoms. The number of carbonyl (C=O) groups excluding carboxylic acids is 2. The van der Waals surface area contributed by atoms with Crippen LogP contribution < -0.4 is 10.2 Å². The van der Waals surface area contributed by atoms with E-state index in [0.717, 1.165) is 16.8 Å². The van der Waals surface area contributed by atoms with Gasteiger partial charge in [-0.2, -0.15) is 0 Å². The van der Waals surface area contributed by atoms with E-state index in [2.05, 4.69) is 5.32 Å². The van der Waals surface area contributed by atoms with Gasteiger partial charge in [-0.1, -0.05) is 77.8 Å². The van der Waals surface area contributed by atoms with E-state index in [1.54, 1.807) is 23.1 Å². The quantitative estimate of drug-likeness (QED) is 0.541. The van der Waals surface area contributed by atoms with Crippen molar-refractivity contribution >= 4 is 46.4 Å².